The van der Waals surface area contributed by atoms with Gasteiger partial charge in [-0.05, 0) is 62.4 Å². The van der Waals surface area contributed by atoms with E-state index in [0.717, 1.165) is 35.8 Å². The van der Waals surface area contributed by atoms with Gasteiger partial charge in [-0.3, -0.25) is 0 Å². The normalized spacial score (nSPS) is 12.8. The Hall–Kier alpha value is -2.97. The zero-order valence-corrected chi connectivity index (χ0v) is 21.0. The molecule has 1 heterocycles. The highest BCUT2D eigenvalue weighted by molar-refractivity contribution is 7.89. The highest BCUT2D eigenvalue weighted by Crippen LogP contribution is 2.29. The van der Waals surface area contributed by atoms with E-state index < -0.39 is 27.7 Å². The van der Waals surface area contributed by atoms with Crippen LogP contribution in [0.1, 0.15) is 50.3 Å². The molecule has 0 amide bonds. The van der Waals surface area contributed by atoms with E-state index in [9.17, 15) is 18.0 Å². The second-order valence-corrected chi connectivity index (χ2v) is 10.6. The van der Waals surface area contributed by atoms with Crippen molar-refractivity contribution >= 4 is 27.0 Å². The van der Waals surface area contributed by atoms with E-state index in [-0.39, 0.29) is 16.6 Å². The zero-order chi connectivity index (χ0) is 25.0. The number of sulfonamides is 1. The van der Waals surface area contributed by atoms with Gasteiger partial charge in [0.25, 0.3) is 0 Å². The molecule has 3 aromatic rings. The summed E-state index contributed by atoms with van der Waals surface area (Å²) < 4.78 is 39.2. The van der Waals surface area contributed by atoms with E-state index in [2.05, 4.69) is 11.6 Å². The number of carbonyl (C=O) groups is 1. The minimum Gasteiger partial charge on any atom is -0.425 e. The monoisotopic (exact) mass is 485 g/mol. The molecule has 1 aromatic heterocycles. The average molecular weight is 486 g/mol. The lowest BCUT2D eigenvalue weighted by Gasteiger charge is -2.21. The molecule has 7 nitrogen and oxygen atoms in total. The number of carbonyl (C=O) groups excluding carboxylic acids is 1. The molecule has 1 unspecified atom stereocenters. The highest BCUT2D eigenvalue weighted by Gasteiger charge is 2.30. The lowest BCUT2D eigenvalue weighted by Crippen LogP contribution is -2.46. The van der Waals surface area contributed by atoms with Crippen molar-refractivity contribution in [2.75, 3.05) is 0 Å². The predicted octanol–water partition coefficient (Wildman–Crippen LogP) is 4.66. The van der Waals surface area contributed by atoms with Crippen LogP contribution in [0.15, 0.2) is 56.6 Å². The Balaban J connectivity index is 1.90. The third kappa shape index (κ3) is 5.74. The van der Waals surface area contributed by atoms with Crippen molar-refractivity contribution in [2.24, 2.45) is 5.92 Å². The van der Waals surface area contributed by atoms with Crippen molar-refractivity contribution in [3.63, 3.8) is 0 Å². The quantitative estimate of drug-likeness (QED) is 0.269. The van der Waals surface area contributed by atoms with E-state index in [1.165, 1.54) is 18.2 Å². The van der Waals surface area contributed by atoms with Gasteiger partial charge in [-0.2, -0.15) is 4.72 Å². The van der Waals surface area contributed by atoms with Crippen molar-refractivity contribution in [3.05, 3.63) is 69.6 Å². The Morgan fingerprint density at radius 1 is 1.09 bits per heavy atom. The number of hydrogen-bond acceptors (Lipinski definition) is 6. The van der Waals surface area contributed by atoms with Crippen molar-refractivity contribution < 1.29 is 22.4 Å². The number of hydrogen-bond donors (Lipinski definition) is 1. The van der Waals surface area contributed by atoms with Crippen molar-refractivity contribution in [1.29, 1.82) is 0 Å². The maximum absolute atomic E-state index is 13.0. The van der Waals surface area contributed by atoms with Gasteiger partial charge < -0.3 is 9.15 Å². The van der Waals surface area contributed by atoms with Crippen molar-refractivity contribution in [2.45, 2.75) is 64.8 Å². The molecule has 0 aliphatic heterocycles. The number of esters is 1. The Labute approximate surface area is 200 Å². The first-order valence-electron chi connectivity index (χ1n) is 11.4. The number of nitrogens with one attached hydrogen (secondary N) is 1. The molecule has 34 heavy (non-hydrogen) atoms. The van der Waals surface area contributed by atoms with Gasteiger partial charge in [-0.15, -0.1) is 0 Å². The molecule has 182 valence electrons. The molecule has 1 atom stereocenters. The van der Waals surface area contributed by atoms with Crippen molar-refractivity contribution in [3.8, 4) is 5.75 Å². The molecule has 0 bridgehead atoms. The van der Waals surface area contributed by atoms with Crippen LogP contribution in [0.4, 0.5) is 0 Å². The van der Waals surface area contributed by atoms with E-state index in [1.54, 1.807) is 45.0 Å². The first-order chi connectivity index (χ1) is 16.0. The highest BCUT2D eigenvalue weighted by atomic mass is 32.2. The van der Waals surface area contributed by atoms with Gasteiger partial charge >= 0.3 is 11.6 Å². The topological polar surface area (TPSA) is 103 Å². The van der Waals surface area contributed by atoms with Crippen molar-refractivity contribution in [1.82, 2.24) is 4.72 Å². The fourth-order valence-corrected chi connectivity index (χ4v) is 5.01. The second-order valence-electron chi connectivity index (χ2n) is 8.84. The summed E-state index contributed by atoms with van der Waals surface area (Å²) in [5, 5.41) is 0.797. The number of aryl methyl sites for hydroxylation is 3. The molecule has 8 heteroatoms. The van der Waals surface area contributed by atoms with Crippen LogP contribution in [0, 0.1) is 19.8 Å². The summed E-state index contributed by atoms with van der Waals surface area (Å²) in [5.41, 5.74) is 2.22. The Morgan fingerprint density at radius 2 is 1.76 bits per heavy atom. The van der Waals surface area contributed by atoms with E-state index >= 15 is 0 Å². The fraction of sp³-hybridized carbons (Fsp3) is 0.385. The first kappa shape index (κ1) is 25.6. The van der Waals surface area contributed by atoms with Gasteiger partial charge in [0.1, 0.15) is 17.4 Å². The summed E-state index contributed by atoms with van der Waals surface area (Å²) in [6, 6.07) is 10.2. The number of fused-ring (bicyclic) bond motifs is 1. The molecule has 0 saturated heterocycles. The molecule has 0 saturated carbocycles. The average Bonchev–Trinajstić information content (AvgIpc) is 2.78. The second kappa shape index (κ2) is 10.5. The maximum Gasteiger partial charge on any atom is 0.336 e. The molecular formula is C26H31NO6S. The molecule has 0 aliphatic rings. The Kier molecular flexibility index (Phi) is 7.94. The van der Waals surface area contributed by atoms with Crippen LogP contribution in [0.3, 0.4) is 0 Å². The van der Waals surface area contributed by atoms with Crippen LogP contribution in [-0.2, 0) is 21.2 Å². The fourth-order valence-electron chi connectivity index (χ4n) is 3.67. The van der Waals surface area contributed by atoms with Gasteiger partial charge in [0, 0.05) is 17.0 Å². The van der Waals surface area contributed by atoms with Crippen LogP contribution in [-0.4, -0.2) is 20.4 Å². The van der Waals surface area contributed by atoms with E-state index in [0.29, 0.717) is 11.1 Å². The minimum absolute atomic E-state index is 0.0693. The summed E-state index contributed by atoms with van der Waals surface area (Å²) in [4.78, 5) is 25.2. The zero-order valence-electron chi connectivity index (χ0n) is 20.2. The summed E-state index contributed by atoms with van der Waals surface area (Å²) in [7, 11) is -3.93. The lowest BCUT2D eigenvalue weighted by molar-refractivity contribution is -0.137. The minimum atomic E-state index is -3.93. The third-order valence-corrected chi connectivity index (χ3v) is 7.20. The lowest BCUT2D eigenvalue weighted by atomic mass is 10.0. The molecular weight excluding hydrogens is 454 g/mol. The number of unbranched alkanes of at least 4 members (excludes halogenated alkanes) is 1. The third-order valence-electron chi connectivity index (χ3n) is 5.74. The number of benzene rings is 2. The largest absolute Gasteiger partial charge is 0.425 e. The van der Waals surface area contributed by atoms with Crippen LogP contribution in [0.5, 0.6) is 5.75 Å². The first-order valence-corrected chi connectivity index (χ1v) is 12.9. The van der Waals surface area contributed by atoms with E-state index in [1.807, 2.05) is 6.92 Å². The molecule has 2 aromatic carbocycles. The molecule has 1 N–H and O–H groups in total. The van der Waals surface area contributed by atoms with Crippen LogP contribution < -0.4 is 15.1 Å². The summed E-state index contributed by atoms with van der Waals surface area (Å²) >= 11 is 0. The van der Waals surface area contributed by atoms with Gasteiger partial charge in [0.05, 0.1) is 4.90 Å². The van der Waals surface area contributed by atoms with Crippen LogP contribution in [0.2, 0.25) is 0 Å². The molecule has 0 aliphatic carbocycles. The molecule has 3 rings (SSSR count). The molecule has 0 spiro atoms. The smallest absolute Gasteiger partial charge is 0.336 e. The predicted molar refractivity (Wildman–Crippen MR) is 132 cm³/mol. The number of ether oxygens (including phenoxy) is 1. The summed E-state index contributed by atoms with van der Waals surface area (Å²) in [6.07, 6.45) is 2.67. The molecule has 0 fully saturated rings. The standard InChI is InChI=1S/C26H31NO6S/c1-6-7-8-19-15-23(28)33-25-18(5)22(14-13-21(19)25)32-26(29)24(16(2)3)27-34(30,31)20-11-9-17(4)10-12-20/h9-16,24,27H,6-8H2,1-5H3. The maximum atomic E-state index is 13.0. The van der Waals surface area contributed by atoms with Gasteiger partial charge in [0.15, 0.2) is 0 Å². The Bertz CT molecular complexity index is 1340. The van der Waals surface area contributed by atoms with Gasteiger partial charge in [-0.1, -0.05) is 44.9 Å². The molecule has 0 radical (unpaired) electrons. The van der Waals surface area contributed by atoms with Gasteiger partial charge in [-0.25, -0.2) is 18.0 Å². The number of rotatable bonds is 9. The van der Waals surface area contributed by atoms with Crippen LogP contribution >= 0.6 is 0 Å². The SMILES string of the molecule is CCCCc1cc(=O)oc2c(C)c(OC(=O)C(NS(=O)(=O)c3ccc(C)cc3)C(C)C)ccc12. The Morgan fingerprint density at radius 3 is 2.38 bits per heavy atom. The summed E-state index contributed by atoms with van der Waals surface area (Å²) in [6.45, 7) is 9.11. The van der Waals surface area contributed by atoms with Gasteiger partial charge in [0.2, 0.25) is 10.0 Å². The van der Waals surface area contributed by atoms with E-state index in [4.69, 9.17) is 9.15 Å². The van der Waals surface area contributed by atoms with Crippen LogP contribution in [0.25, 0.3) is 11.0 Å². The summed E-state index contributed by atoms with van der Waals surface area (Å²) in [5.74, 6) is -0.891.